The Morgan fingerprint density at radius 1 is 1.29 bits per heavy atom. The van der Waals surface area contributed by atoms with Gasteiger partial charge in [-0.05, 0) is 33.3 Å². The van der Waals surface area contributed by atoms with Gasteiger partial charge in [-0.25, -0.2) is 4.98 Å². The Balaban J connectivity index is 2.13. The second-order valence-corrected chi connectivity index (χ2v) is 6.52. The molecule has 3 nitrogen and oxygen atoms in total. The maximum atomic E-state index is 5.48. The van der Waals surface area contributed by atoms with Gasteiger partial charge in [0.25, 0.3) is 0 Å². The molecular formula is C17H24N2OS. The monoisotopic (exact) mass is 304 g/mol. The van der Waals surface area contributed by atoms with E-state index >= 15 is 0 Å². The van der Waals surface area contributed by atoms with Crippen LogP contribution in [0.5, 0.6) is 5.75 Å². The van der Waals surface area contributed by atoms with E-state index in [1.54, 1.807) is 18.4 Å². The molecule has 0 aliphatic carbocycles. The van der Waals surface area contributed by atoms with E-state index in [1.807, 2.05) is 12.3 Å². The largest absolute Gasteiger partial charge is 0.496 e. The smallest absolute Gasteiger partial charge is 0.123 e. The Bertz CT molecular complexity index is 594. The van der Waals surface area contributed by atoms with Gasteiger partial charge >= 0.3 is 0 Å². The number of aromatic nitrogens is 1. The first kappa shape index (κ1) is 16.0. The standard InChI is InChI=1S/C17H24N2OS/c1-6-14-10-18-17(21-14)13(4)19-12(3)15-9-11(2)7-8-16(15)20-5/h7-10,12-13,19H,6H2,1-5H3. The van der Waals surface area contributed by atoms with Crippen LogP contribution in [0.4, 0.5) is 0 Å². The number of benzene rings is 1. The first-order chi connectivity index (χ1) is 10.0. The molecule has 0 aliphatic heterocycles. The summed E-state index contributed by atoms with van der Waals surface area (Å²) in [5.74, 6) is 0.932. The first-order valence-corrected chi connectivity index (χ1v) is 8.22. The minimum Gasteiger partial charge on any atom is -0.496 e. The maximum Gasteiger partial charge on any atom is 0.123 e. The summed E-state index contributed by atoms with van der Waals surface area (Å²) in [6, 6.07) is 6.74. The summed E-state index contributed by atoms with van der Waals surface area (Å²) < 4.78 is 5.48. The zero-order valence-corrected chi connectivity index (χ0v) is 14.3. The van der Waals surface area contributed by atoms with Crippen molar-refractivity contribution in [3.8, 4) is 5.75 Å². The van der Waals surface area contributed by atoms with E-state index in [1.165, 1.54) is 16.0 Å². The normalized spacial score (nSPS) is 14.0. The average Bonchev–Trinajstić information content (AvgIpc) is 2.96. The molecule has 1 heterocycles. The summed E-state index contributed by atoms with van der Waals surface area (Å²) in [4.78, 5) is 5.85. The fraction of sp³-hybridized carbons (Fsp3) is 0.471. The minimum absolute atomic E-state index is 0.212. The second-order valence-electron chi connectivity index (χ2n) is 5.37. The molecule has 21 heavy (non-hydrogen) atoms. The Labute approximate surface area is 131 Å². The molecular weight excluding hydrogens is 280 g/mol. The molecule has 0 bridgehead atoms. The third kappa shape index (κ3) is 3.83. The highest BCUT2D eigenvalue weighted by molar-refractivity contribution is 7.11. The summed E-state index contributed by atoms with van der Waals surface area (Å²) >= 11 is 1.79. The van der Waals surface area contributed by atoms with Crippen molar-refractivity contribution in [2.75, 3.05) is 7.11 Å². The number of thiazole rings is 1. The third-order valence-electron chi connectivity index (χ3n) is 3.64. The van der Waals surface area contributed by atoms with Crippen LogP contribution in [0.3, 0.4) is 0 Å². The molecule has 1 N–H and O–H groups in total. The van der Waals surface area contributed by atoms with Gasteiger partial charge < -0.3 is 10.1 Å². The van der Waals surface area contributed by atoms with Crippen LogP contribution in [0.15, 0.2) is 24.4 Å². The molecule has 0 amide bonds. The molecule has 0 radical (unpaired) electrons. The van der Waals surface area contributed by atoms with Gasteiger partial charge in [-0.1, -0.05) is 24.6 Å². The number of hydrogen-bond donors (Lipinski definition) is 1. The quantitative estimate of drug-likeness (QED) is 0.857. The summed E-state index contributed by atoms with van der Waals surface area (Å²) in [7, 11) is 1.72. The van der Waals surface area contributed by atoms with E-state index in [0.29, 0.717) is 0 Å². The first-order valence-electron chi connectivity index (χ1n) is 7.40. The lowest BCUT2D eigenvalue weighted by molar-refractivity contribution is 0.396. The lowest BCUT2D eigenvalue weighted by Crippen LogP contribution is -2.22. The van der Waals surface area contributed by atoms with Crippen LogP contribution < -0.4 is 10.1 Å². The Kier molecular flexibility index (Phi) is 5.37. The van der Waals surface area contributed by atoms with Crippen molar-refractivity contribution in [3.63, 3.8) is 0 Å². The Morgan fingerprint density at radius 2 is 2.05 bits per heavy atom. The molecule has 0 aliphatic rings. The predicted octanol–water partition coefficient (Wildman–Crippen LogP) is 4.43. The van der Waals surface area contributed by atoms with Crippen LogP contribution in [-0.2, 0) is 6.42 Å². The number of rotatable bonds is 6. The van der Waals surface area contributed by atoms with E-state index in [4.69, 9.17) is 4.74 Å². The molecule has 2 atom stereocenters. The van der Waals surface area contributed by atoms with E-state index in [0.717, 1.165) is 17.2 Å². The molecule has 2 unspecified atom stereocenters. The summed E-state index contributed by atoms with van der Waals surface area (Å²) in [6.07, 6.45) is 3.03. The number of hydrogen-bond acceptors (Lipinski definition) is 4. The highest BCUT2D eigenvalue weighted by atomic mass is 32.1. The lowest BCUT2D eigenvalue weighted by Gasteiger charge is -2.21. The second kappa shape index (κ2) is 7.05. The molecule has 1 aromatic heterocycles. The number of nitrogens with zero attached hydrogens (tertiary/aromatic N) is 1. The molecule has 0 saturated heterocycles. The van der Waals surface area contributed by atoms with Crippen molar-refractivity contribution >= 4 is 11.3 Å². The topological polar surface area (TPSA) is 34.2 Å². The van der Waals surface area contributed by atoms with Crippen molar-refractivity contribution in [2.45, 2.75) is 46.2 Å². The lowest BCUT2D eigenvalue weighted by atomic mass is 10.0. The fourth-order valence-corrected chi connectivity index (χ4v) is 3.28. The van der Waals surface area contributed by atoms with Gasteiger partial charge in [0.15, 0.2) is 0 Å². The third-order valence-corrected chi connectivity index (χ3v) is 4.97. The average molecular weight is 304 g/mol. The van der Waals surface area contributed by atoms with Gasteiger partial charge in [-0.15, -0.1) is 11.3 Å². The van der Waals surface area contributed by atoms with Crippen molar-refractivity contribution in [1.29, 1.82) is 0 Å². The van der Waals surface area contributed by atoms with Crippen molar-refractivity contribution < 1.29 is 4.74 Å². The number of methoxy groups -OCH3 is 1. The van der Waals surface area contributed by atoms with Crippen LogP contribution >= 0.6 is 11.3 Å². The van der Waals surface area contributed by atoms with Crippen LogP contribution in [0.1, 0.15) is 53.9 Å². The summed E-state index contributed by atoms with van der Waals surface area (Å²) in [6.45, 7) is 8.60. The van der Waals surface area contributed by atoms with Crippen molar-refractivity contribution in [3.05, 3.63) is 45.4 Å². The maximum absolute atomic E-state index is 5.48. The van der Waals surface area contributed by atoms with E-state index in [9.17, 15) is 0 Å². The van der Waals surface area contributed by atoms with Crippen LogP contribution in [0.25, 0.3) is 0 Å². The molecule has 2 rings (SSSR count). The number of nitrogens with one attached hydrogen (secondary N) is 1. The molecule has 114 valence electrons. The van der Waals surface area contributed by atoms with E-state index in [2.05, 4.69) is 50.1 Å². The number of ether oxygens (including phenoxy) is 1. The van der Waals surface area contributed by atoms with Gasteiger partial charge in [0.05, 0.1) is 13.2 Å². The summed E-state index contributed by atoms with van der Waals surface area (Å²) in [5.41, 5.74) is 2.44. The van der Waals surface area contributed by atoms with Gasteiger partial charge in [-0.2, -0.15) is 0 Å². The Morgan fingerprint density at radius 3 is 2.67 bits per heavy atom. The number of aryl methyl sites for hydroxylation is 2. The minimum atomic E-state index is 0.212. The van der Waals surface area contributed by atoms with Crippen LogP contribution in [-0.4, -0.2) is 12.1 Å². The van der Waals surface area contributed by atoms with Gasteiger partial charge in [-0.3, -0.25) is 0 Å². The Hall–Kier alpha value is -1.39. The summed E-state index contributed by atoms with van der Waals surface area (Å²) in [5, 5.41) is 4.76. The fourth-order valence-electron chi connectivity index (χ4n) is 2.41. The molecule has 0 spiro atoms. The van der Waals surface area contributed by atoms with Crippen molar-refractivity contribution in [2.24, 2.45) is 0 Å². The van der Waals surface area contributed by atoms with Crippen LogP contribution in [0.2, 0.25) is 0 Å². The zero-order chi connectivity index (χ0) is 15.4. The van der Waals surface area contributed by atoms with E-state index in [-0.39, 0.29) is 12.1 Å². The molecule has 1 aromatic carbocycles. The van der Waals surface area contributed by atoms with Crippen LogP contribution in [0, 0.1) is 6.92 Å². The van der Waals surface area contributed by atoms with Crippen molar-refractivity contribution in [1.82, 2.24) is 10.3 Å². The van der Waals surface area contributed by atoms with Gasteiger partial charge in [0.1, 0.15) is 10.8 Å². The van der Waals surface area contributed by atoms with Gasteiger partial charge in [0, 0.05) is 22.7 Å². The van der Waals surface area contributed by atoms with Gasteiger partial charge in [0.2, 0.25) is 0 Å². The highest BCUT2D eigenvalue weighted by Crippen LogP contribution is 2.29. The molecule has 0 saturated carbocycles. The molecule has 2 aromatic rings. The molecule has 0 fully saturated rings. The zero-order valence-electron chi connectivity index (χ0n) is 13.4. The predicted molar refractivity (Wildman–Crippen MR) is 89.2 cm³/mol. The highest BCUT2D eigenvalue weighted by Gasteiger charge is 2.17. The SMILES string of the molecule is CCc1cnc(C(C)NC(C)c2cc(C)ccc2OC)s1. The van der Waals surface area contributed by atoms with E-state index < -0.39 is 0 Å². The molecule has 4 heteroatoms.